The number of aromatic nitrogens is 1. The van der Waals surface area contributed by atoms with Gasteiger partial charge in [-0.1, -0.05) is 25.9 Å². The Bertz CT molecular complexity index is 483. The van der Waals surface area contributed by atoms with Crippen LogP contribution in [0.4, 0.5) is 5.82 Å². The summed E-state index contributed by atoms with van der Waals surface area (Å²) in [6, 6.07) is 1.54. The van der Waals surface area contributed by atoms with E-state index in [0.29, 0.717) is 11.7 Å². The van der Waals surface area contributed by atoms with Crippen molar-refractivity contribution in [2.45, 2.75) is 59.5 Å². The summed E-state index contributed by atoms with van der Waals surface area (Å²) in [5.41, 5.74) is 0.165. The monoisotopic (exact) mass is 293 g/mol. The van der Waals surface area contributed by atoms with Gasteiger partial charge in [-0.2, -0.15) is 0 Å². The average Bonchev–Trinajstić information content (AvgIpc) is 2.94. The number of hydrogen-bond acceptors (Lipinski definition) is 4. The van der Waals surface area contributed by atoms with Gasteiger partial charge in [0.15, 0.2) is 5.82 Å². The fraction of sp³-hybridized carbons (Fsp3) is 0.750. The van der Waals surface area contributed by atoms with Crippen LogP contribution in [0.1, 0.15) is 48.0 Å². The molecule has 1 aromatic rings. The number of likely N-dealkylation sites (tertiary alicyclic amines) is 1. The Morgan fingerprint density at radius 2 is 2.00 bits per heavy atom. The molecule has 0 aromatic carbocycles. The molecule has 1 aromatic heterocycles. The van der Waals surface area contributed by atoms with Gasteiger partial charge < -0.3 is 9.84 Å². The van der Waals surface area contributed by atoms with Crippen LogP contribution >= 0.6 is 0 Å². The predicted octanol–water partition coefficient (Wildman–Crippen LogP) is 3.15. The van der Waals surface area contributed by atoms with E-state index in [0.717, 1.165) is 13.0 Å². The molecule has 1 N–H and O–H groups in total. The van der Waals surface area contributed by atoms with Gasteiger partial charge in [-0.15, -0.1) is 0 Å². The Morgan fingerprint density at radius 1 is 1.33 bits per heavy atom. The number of carbonyl (C=O) groups excluding carboxylic acids is 1. The van der Waals surface area contributed by atoms with Crippen molar-refractivity contribution in [3.8, 4) is 0 Å². The first-order valence-electron chi connectivity index (χ1n) is 7.57. The standard InChI is InChI=1S/C16H27N3O2/c1-15(2,3)11-9-12(19(10-11)16(4,5)6)14(20)17-13-7-8-21-18-13/h7-8,11-12H,9-10H2,1-6H3,(H,17,18,20)/t11?,12-/m0/s1. The predicted molar refractivity (Wildman–Crippen MR) is 82.9 cm³/mol. The first-order chi connectivity index (χ1) is 9.59. The second-order valence-corrected chi connectivity index (χ2v) is 8.01. The van der Waals surface area contributed by atoms with Gasteiger partial charge in [-0.3, -0.25) is 9.69 Å². The molecule has 1 aliphatic rings. The normalized spacial score (nSPS) is 24.3. The zero-order valence-corrected chi connectivity index (χ0v) is 13.9. The van der Waals surface area contributed by atoms with E-state index in [-0.39, 0.29) is 22.9 Å². The molecule has 1 unspecified atom stereocenters. The summed E-state index contributed by atoms with van der Waals surface area (Å²) in [7, 11) is 0. The summed E-state index contributed by atoms with van der Waals surface area (Å²) in [6.45, 7) is 14.2. The zero-order valence-electron chi connectivity index (χ0n) is 13.9. The quantitative estimate of drug-likeness (QED) is 0.910. The summed E-state index contributed by atoms with van der Waals surface area (Å²) < 4.78 is 4.77. The van der Waals surface area contributed by atoms with E-state index < -0.39 is 0 Å². The average molecular weight is 293 g/mol. The Morgan fingerprint density at radius 3 is 2.48 bits per heavy atom. The third kappa shape index (κ3) is 3.64. The maximum Gasteiger partial charge on any atom is 0.243 e. The smallest absolute Gasteiger partial charge is 0.243 e. The van der Waals surface area contributed by atoms with E-state index in [2.05, 4.69) is 56.9 Å². The number of nitrogens with zero attached hydrogens (tertiary/aromatic N) is 2. The molecule has 0 radical (unpaired) electrons. The first kappa shape index (κ1) is 16.0. The maximum atomic E-state index is 12.6. The van der Waals surface area contributed by atoms with Crippen LogP contribution in [0.2, 0.25) is 0 Å². The molecule has 1 saturated heterocycles. The number of nitrogens with one attached hydrogen (secondary N) is 1. The van der Waals surface area contributed by atoms with E-state index in [1.54, 1.807) is 6.07 Å². The lowest BCUT2D eigenvalue weighted by molar-refractivity contribution is -0.122. The molecule has 1 fully saturated rings. The molecule has 5 nitrogen and oxygen atoms in total. The number of hydrogen-bond donors (Lipinski definition) is 1. The van der Waals surface area contributed by atoms with Crippen LogP contribution in [0.5, 0.6) is 0 Å². The first-order valence-corrected chi connectivity index (χ1v) is 7.57. The highest BCUT2D eigenvalue weighted by Crippen LogP contribution is 2.40. The van der Waals surface area contributed by atoms with Crippen LogP contribution < -0.4 is 5.32 Å². The SMILES string of the molecule is CC(C)(C)C1C[C@@H](C(=O)Nc2ccon2)N(C(C)(C)C)C1. The summed E-state index contributed by atoms with van der Waals surface area (Å²) in [6.07, 6.45) is 2.34. The molecule has 0 saturated carbocycles. The van der Waals surface area contributed by atoms with Gasteiger partial charge in [0.2, 0.25) is 5.91 Å². The van der Waals surface area contributed by atoms with Crippen molar-refractivity contribution >= 4 is 11.7 Å². The molecule has 0 bridgehead atoms. The van der Waals surface area contributed by atoms with E-state index in [4.69, 9.17) is 4.52 Å². The van der Waals surface area contributed by atoms with Crippen LogP contribution in [0.15, 0.2) is 16.9 Å². The van der Waals surface area contributed by atoms with E-state index in [9.17, 15) is 4.79 Å². The topological polar surface area (TPSA) is 58.4 Å². The molecule has 0 spiro atoms. The van der Waals surface area contributed by atoms with Crippen LogP contribution in [-0.2, 0) is 4.79 Å². The molecule has 0 aliphatic carbocycles. The van der Waals surface area contributed by atoms with Crippen molar-refractivity contribution in [2.75, 3.05) is 11.9 Å². The fourth-order valence-corrected chi connectivity index (χ4v) is 2.94. The van der Waals surface area contributed by atoms with Gasteiger partial charge in [0.1, 0.15) is 6.26 Å². The van der Waals surface area contributed by atoms with Crippen LogP contribution in [0.25, 0.3) is 0 Å². The van der Waals surface area contributed by atoms with Crippen molar-refractivity contribution in [3.63, 3.8) is 0 Å². The zero-order chi connectivity index (χ0) is 15.8. The Balaban J connectivity index is 2.16. The molecule has 1 amide bonds. The Labute approximate surface area is 127 Å². The van der Waals surface area contributed by atoms with E-state index >= 15 is 0 Å². The van der Waals surface area contributed by atoms with Gasteiger partial charge in [-0.05, 0) is 38.5 Å². The fourth-order valence-electron chi connectivity index (χ4n) is 2.94. The summed E-state index contributed by atoms with van der Waals surface area (Å²) >= 11 is 0. The van der Waals surface area contributed by atoms with Crippen molar-refractivity contribution in [3.05, 3.63) is 12.3 Å². The lowest BCUT2D eigenvalue weighted by Crippen LogP contribution is -2.49. The number of amides is 1. The van der Waals surface area contributed by atoms with Gasteiger partial charge in [-0.25, -0.2) is 0 Å². The van der Waals surface area contributed by atoms with Crippen molar-refractivity contribution in [1.29, 1.82) is 0 Å². The second-order valence-electron chi connectivity index (χ2n) is 8.01. The van der Waals surface area contributed by atoms with Gasteiger partial charge >= 0.3 is 0 Å². The largest absolute Gasteiger partial charge is 0.363 e. The molecule has 2 atom stereocenters. The van der Waals surface area contributed by atoms with Crippen molar-refractivity contribution < 1.29 is 9.32 Å². The minimum atomic E-state index is -0.120. The molecule has 21 heavy (non-hydrogen) atoms. The second kappa shape index (κ2) is 5.44. The highest BCUT2D eigenvalue weighted by Gasteiger charge is 2.45. The van der Waals surface area contributed by atoms with Gasteiger partial charge in [0.05, 0.1) is 6.04 Å². The molecule has 5 heteroatoms. The van der Waals surface area contributed by atoms with E-state index in [1.807, 2.05) is 0 Å². The lowest BCUT2D eigenvalue weighted by atomic mass is 9.79. The van der Waals surface area contributed by atoms with Crippen LogP contribution in [0, 0.1) is 11.3 Å². The minimum absolute atomic E-state index is 0.00516. The highest BCUT2D eigenvalue weighted by atomic mass is 16.5. The van der Waals surface area contributed by atoms with E-state index in [1.165, 1.54) is 6.26 Å². The van der Waals surface area contributed by atoms with Gasteiger partial charge in [0.25, 0.3) is 0 Å². The van der Waals surface area contributed by atoms with Gasteiger partial charge in [0, 0.05) is 18.2 Å². The number of anilines is 1. The summed E-state index contributed by atoms with van der Waals surface area (Å²) in [5.74, 6) is 0.989. The molecular formula is C16H27N3O2. The molecular weight excluding hydrogens is 266 g/mol. The Hall–Kier alpha value is -1.36. The summed E-state index contributed by atoms with van der Waals surface area (Å²) in [5, 5.41) is 6.61. The van der Waals surface area contributed by atoms with Crippen LogP contribution in [0.3, 0.4) is 0 Å². The molecule has 1 aliphatic heterocycles. The number of rotatable bonds is 2. The lowest BCUT2D eigenvalue weighted by Gasteiger charge is -2.36. The number of carbonyl (C=O) groups is 1. The highest BCUT2D eigenvalue weighted by molar-refractivity contribution is 5.94. The van der Waals surface area contributed by atoms with Crippen LogP contribution in [-0.4, -0.2) is 34.1 Å². The third-order valence-electron chi connectivity index (χ3n) is 4.38. The Kier molecular flexibility index (Phi) is 4.15. The molecule has 118 valence electrons. The maximum absolute atomic E-state index is 12.6. The molecule has 2 rings (SSSR count). The third-order valence-corrected chi connectivity index (χ3v) is 4.38. The molecule has 2 heterocycles. The summed E-state index contributed by atoms with van der Waals surface area (Å²) in [4.78, 5) is 14.9. The van der Waals surface area contributed by atoms with Crippen molar-refractivity contribution in [2.24, 2.45) is 11.3 Å². The van der Waals surface area contributed by atoms with Crippen molar-refractivity contribution in [1.82, 2.24) is 10.1 Å². The minimum Gasteiger partial charge on any atom is -0.363 e.